The topological polar surface area (TPSA) is 49.3 Å². The summed E-state index contributed by atoms with van der Waals surface area (Å²) in [5.41, 5.74) is 1.82. The average molecular weight is 205 g/mol. The van der Waals surface area contributed by atoms with Crippen LogP contribution in [0.1, 0.15) is 12.0 Å². The highest BCUT2D eigenvalue weighted by atomic mass is 16.2. The predicted molar refractivity (Wildman–Crippen MR) is 60.7 cm³/mol. The number of anilines is 1. The molecule has 0 aliphatic heterocycles. The molecule has 0 fully saturated rings. The van der Waals surface area contributed by atoms with Crippen molar-refractivity contribution in [2.24, 2.45) is 0 Å². The van der Waals surface area contributed by atoms with E-state index in [2.05, 4.69) is 11.9 Å². The van der Waals surface area contributed by atoms with Gasteiger partial charge >= 0.3 is 0 Å². The first-order valence-electron chi connectivity index (χ1n) is 4.87. The van der Waals surface area contributed by atoms with Crippen molar-refractivity contribution in [3.05, 3.63) is 42.5 Å². The number of hydrogen-bond acceptors (Lipinski definition) is 2. The van der Waals surface area contributed by atoms with Gasteiger partial charge < -0.3 is 10.4 Å². The molecule has 0 unspecified atom stereocenters. The number of benzene rings is 1. The second-order valence-electron chi connectivity index (χ2n) is 3.21. The maximum absolute atomic E-state index is 11.2. The zero-order valence-electron chi connectivity index (χ0n) is 8.57. The fourth-order valence-corrected chi connectivity index (χ4v) is 1.23. The Balaban J connectivity index is 2.56. The molecule has 0 bridgehead atoms. The van der Waals surface area contributed by atoms with Crippen LogP contribution in [0.15, 0.2) is 36.9 Å². The summed E-state index contributed by atoms with van der Waals surface area (Å²) in [7, 11) is 0. The van der Waals surface area contributed by atoms with Crippen LogP contribution in [-0.2, 0) is 11.2 Å². The van der Waals surface area contributed by atoms with Crippen LogP contribution in [0.2, 0.25) is 0 Å². The standard InChI is InChI=1S/C12H15NO2/c1-2-3-12(15)13-11-6-4-10(5-7-11)8-9-14/h2,4-7,14H,1,3,8-9H2,(H,13,15). The smallest absolute Gasteiger partial charge is 0.228 e. The van der Waals surface area contributed by atoms with E-state index in [9.17, 15) is 4.79 Å². The Labute approximate surface area is 89.4 Å². The molecule has 0 heterocycles. The minimum atomic E-state index is -0.0695. The van der Waals surface area contributed by atoms with Gasteiger partial charge in [-0.05, 0) is 24.1 Å². The number of nitrogens with one attached hydrogen (secondary N) is 1. The lowest BCUT2D eigenvalue weighted by atomic mass is 10.1. The summed E-state index contributed by atoms with van der Waals surface area (Å²) in [5.74, 6) is -0.0695. The lowest BCUT2D eigenvalue weighted by Crippen LogP contribution is -2.09. The first kappa shape index (κ1) is 11.5. The Morgan fingerprint density at radius 3 is 2.60 bits per heavy atom. The third kappa shape index (κ3) is 3.95. The Bertz CT molecular complexity index is 330. The molecule has 1 amide bonds. The zero-order chi connectivity index (χ0) is 11.1. The van der Waals surface area contributed by atoms with Gasteiger partial charge in [0, 0.05) is 18.7 Å². The highest BCUT2D eigenvalue weighted by molar-refractivity contribution is 5.91. The summed E-state index contributed by atoms with van der Waals surface area (Å²) in [6.07, 6.45) is 2.52. The molecule has 0 aliphatic carbocycles. The third-order valence-corrected chi connectivity index (χ3v) is 1.97. The first-order valence-corrected chi connectivity index (χ1v) is 4.87. The number of carbonyl (C=O) groups is 1. The van der Waals surface area contributed by atoms with Crippen molar-refractivity contribution in [2.75, 3.05) is 11.9 Å². The first-order chi connectivity index (χ1) is 7.26. The van der Waals surface area contributed by atoms with Crippen LogP contribution >= 0.6 is 0 Å². The van der Waals surface area contributed by atoms with Crippen molar-refractivity contribution >= 4 is 11.6 Å². The molecule has 0 saturated carbocycles. The highest BCUT2D eigenvalue weighted by Crippen LogP contribution is 2.10. The zero-order valence-corrected chi connectivity index (χ0v) is 8.57. The van der Waals surface area contributed by atoms with Gasteiger partial charge in [0.05, 0.1) is 0 Å². The Hall–Kier alpha value is -1.61. The Morgan fingerprint density at radius 1 is 1.40 bits per heavy atom. The maximum atomic E-state index is 11.2. The molecular weight excluding hydrogens is 190 g/mol. The molecule has 1 rings (SSSR count). The normalized spacial score (nSPS) is 9.67. The van der Waals surface area contributed by atoms with Gasteiger partial charge in [0.2, 0.25) is 5.91 Å². The molecule has 0 aliphatic rings. The number of carbonyl (C=O) groups excluding carboxylic acids is 1. The lowest BCUT2D eigenvalue weighted by molar-refractivity contribution is -0.115. The number of aliphatic hydroxyl groups is 1. The van der Waals surface area contributed by atoms with Gasteiger partial charge in [-0.15, -0.1) is 6.58 Å². The van der Waals surface area contributed by atoms with E-state index in [0.717, 1.165) is 11.3 Å². The van der Waals surface area contributed by atoms with E-state index in [-0.39, 0.29) is 12.5 Å². The molecule has 1 aromatic carbocycles. The summed E-state index contributed by atoms with van der Waals surface area (Å²) >= 11 is 0. The van der Waals surface area contributed by atoms with Crippen LogP contribution < -0.4 is 5.32 Å². The second-order valence-corrected chi connectivity index (χ2v) is 3.21. The molecule has 3 nitrogen and oxygen atoms in total. The second kappa shape index (κ2) is 5.98. The van der Waals surface area contributed by atoms with Gasteiger partial charge in [0.15, 0.2) is 0 Å². The van der Waals surface area contributed by atoms with Crippen LogP contribution in [0.4, 0.5) is 5.69 Å². The number of hydrogen-bond donors (Lipinski definition) is 2. The number of rotatable bonds is 5. The largest absolute Gasteiger partial charge is 0.396 e. The van der Waals surface area contributed by atoms with Crippen molar-refractivity contribution in [3.8, 4) is 0 Å². The molecular formula is C12H15NO2. The van der Waals surface area contributed by atoms with Gasteiger partial charge in [-0.2, -0.15) is 0 Å². The third-order valence-electron chi connectivity index (χ3n) is 1.97. The summed E-state index contributed by atoms with van der Waals surface area (Å²) in [6, 6.07) is 7.43. The summed E-state index contributed by atoms with van der Waals surface area (Å²) in [4.78, 5) is 11.2. The van der Waals surface area contributed by atoms with Crippen molar-refractivity contribution in [2.45, 2.75) is 12.8 Å². The van der Waals surface area contributed by atoms with E-state index in [1.807, 2.05) is 24.3 Å². The maximum Gasteiger partial charge on any atom is 0.228 e. The van der Waals surface area contributed by atoms with Gasteiger partial charge in [-0.1, -0.05) is 18.2 Å². The van der Waals surface area contributed by atoms with Crippen LogP contribution in [0.5, 0.6) is 0 Å². The van der Waals surface area contributed by atoms with Crippen LogP contribution in [-0.4, -0.2) is 17.6 Å². The molecule has 1 aromatic rings. The van der Waals surface area contributed by atoms with Crippen molar-refractivity contribution in [3.63, 3.8) is 0 Å². The van der Waals surface area contributed by atoms with Gasteiger partial charge in [0.1, 0.15) is 0 Å². The van der Waals surface area contributed by atoms with E-state index in [4.69, 9.17) is 5.11 Å². The average Bonchev–Trinajstić information content (AvgIpc) is 2.22. The predicted octanol–water partition coefficient (Wildman–Crippen LogP) is 1.74. The van der Waals surface area contributed by atoms with E-state index >= 15 is 0 Å². The van der Waals surface area contributed by atoms with Crippen molar-refractivity contribution < 1.29 is 9.90 Å². The molecule has 2 N–H and O–H groups in total. The minimum Gasteiger partial charge on any atom is -0.396 e. The lowest BCUT2D eigenvalue weighted by Gasteiger charge is -2.04. The van der Waals surface area contributed by atoms with Gasteiger partial charge in [-0.3, -0.25) is 4.79 Å². The number of amides is 1. The molecule has 0 saturated heterocycles. The van der Waals surface area contributed by atoms with E-state index in [0.29, 0.717) is 12.8 Å². The quantitative estimate of drug-likeness (QED) is 0.719. The van der Waals surface area contributed by atoms with Crippen molar-refractivity contribution in [1.29, 1.82) is 0 Å². The summed E-state index contributed by atoms with van der Waals surface area (Å²) in [5, 5.41) is 11.5. The van der Waals surface area contributed by atoms with Gasteiger partial charge in [-0.25, -0.2) is 0 Å². The van der Waals surface area contributed by atoms with E-state index in [1.165, 1.54) is 0 Å². The van der Waals surface area contributed by atoms with Crippen LogP contribution in [0.25, 0.3) is 0 Å². The molecule has 80 valence electrons. The fraction of sp³-hybridized carbons (Fsp3) is 0.250. The molecule has 0 spiro atoms. The highest BCUT2D eigenvalue weighted by Gasteiger charge is 1.99. The number of aliphatic hydroxyl groups excluding tert-OH is 1. The molecule has 0 aromatic heterocycles. The minimum absolute atomic E-state index is 0.0695. The SMILES string of the molecule is C=CCC(=O)Nc1ccc(CCO)cc1. The van der Waals surface area contributed by atoms with Crippen LogP contribution in [0.3, 0.4) is 0 Å². The molecule has 0 radical (unpaired) electrons. The Morgan fingerprint density at radius 2 is 2.07 bits per heavy atom. The van der Waals surface area contributed by atoms with Crippen molar-refractivity contribution in [1.82, 2.24) is 0 Å². The molecule has 0 atom stereocenters. The van der Waals surface area contributed by atoms with E-state index < -0.39 is 0 Å². The van der Waals surface area contributed by atoms with Crippen LogP contribution in [0, 0.1) is 0 Å². The molecule has 15 heavy (non-hydrogen) atoms. The summed E-state index contributed by atoms with van der Waals surface area (Å²) in [6.45, 7) is 3.63. The fourth-order valence-electron chi connectivity index (χ4n) is 1.23. The molecule has 3 heteroatoms. The monoisotopic (exact) mass is 205 g/mol. The Kier molecular flexibility index (Phi) is 4.57. The summed E-state index contributed by atoms with van der Waals surface area (Å²) < 4.78 is 0. The van der Waals surface area contributed by atoms with Gasteiger partial charge in [0.25, 0.3) is 0 Å². The van der Waals surface area contributed by atoms with E-state index in [1.54, 1.807) is 6.08 Å².